The van der Waals surface area contributed by atoms with E-state index < -0.39 is 0 Å². The van der Waals surface area contributed by atoms with Gasteiger partial charge in [-0.3, -0.25) is 0 Å². The van der Waals surface area contributed by atoms with Crippen LogP contribution in [0.1, 0.15) is 19.4 Å². The number of rotatable bonds is 4. The molecule has 1 aliphatic rings. The number of fused-ring (bicyclic) bond motifs is 1. The molecule has 0 spiro atoms. The highest BCUT2D eigenvalue weighted by atomic mass is 79.9. The first-order valence-corrected chi connectivity index (χ1v) is 7.52. The number of alkyl halides is 1. The number of benzene rings is 1. The maximum atomic E-state index is 5.64. The molecular formula is C15H19BrO3. The van der Waals surface area contributed by atoms with E-state index in [9.17, 15) is 0 Å². The molecule has 3 nitrogen and oxygen atoms in total. The molecule has 0 amide bonds. The van der Waals surface area contributed by atoms with Gasteiger partial charge in [-0.05, 0) is 23.6 Å². The molecule has 0 saturated heterocycles. The SMILES string of the molecule is COc1cc(C=C(CBr)C(C)C)cc2c1OCCO2. The van der Waals surface area contributed by atoms with Crippen LogP contribution < -0.4 is 14.2 Å². The summed E-state index contributed by atoms with van der Waals surface area (Å²) in [7, 11) is 1.65. The van der Waals surface area contributed by atoms with Crippen LogP contribution in [0.25, 0.3) is 6.08 Å². The fourth-order valence-electron chi connectivity index (χ4n) is 1.95. The van der Waals surface area contributed by atoms with Crippen molar-refractivity contribution in [3.05, 3.63) is 23.3 Å². The molecule has 0 unspecified atom stereocenters. The zero-order chi connectivity index (χ0) is 13.8. The largest absolute Gasteiger partial charge is 0.493 e. The first-order valence-electron chi connectivity index (χ1n) is 6.39. The molecule has 1 aliphatic heterocycles. The Morgan fingerprint density at radius 1 is 1.37 bits per heavy atom. The Hall–Kier alpha value is -1.16. The van der Waals surface area contributed by atoms with Crippen LogP contribution in [0.3, 0.4) is 0 Å². The minimum atomic E-state index is 0.499. The Labute approximate surface area is 122 Å². The van der Waals surface area contributed by atoms with Gasteiger partial charge in [-0.25, -0.2) is 0 Å². The van der Waals surface area contributed by atoms with Crippen molar-refractivity contribution in [2.45, 2.75) is 13.8 Å². The summed E-state index contributed by atoms with van der Waals surface area (Å²) in [4.78, 5) is 0. The van der Waals surface area contributed by atoms with Crippen LogP contribution in [-0.4, -0.2) is 25.7 Å². The summed E-state index contributed by atoms with van der Waals surface area (Å²) in [5.74, 6) is 2.69. The average molecular weight is 327 g/mol. The molecule has 2 rings (SSSR count). The molecule has 0 saturated carbocycles. The molecule has 0 aromatic heterocycles. The summed E-state index contributed by atoms with van der Waals surface area (Å²) in [6.07, 6.45) is 2.17. The quantitative estimate of drug-likeness (QED) is 0.785. The zero-order valence-electron chi connectivity index (χ0n) is 11.5. The van der Waals surface area contributed by atoms with Crippen molar-refractivity contribution in [3.8, 4) is 17.2 Å². The Bertz CT molecular complexity index is 463. The van der Waals surface area contributed by atoms with Gasteiger partial charge in [0.2, 0.25) is 5.75 Å². The van der Waals surface area contributed by atoms with E-state index in [1.807, 2.05) is 12.1 Å². The third kappa shape index (κ3) is 3.24. The van der Waals surface area contributed by atoms with Gasteiger partial charge in [0.25, 0.3) is 0 Å². The third-order valence-corrected chi connectivity index (χ3v) is 3.75. The molecule has 0 bridgehead atoms. The van der Waals surface area contributed by atoms with Crippen molar-refractivity contribution < 1.29 is 14.2 Å². The van der Waals surface area contributed by atoms with Crippen LogP contribution >= 0.6 is 15.9 Å². The van der Waals surface area contributed by atoms with E-state index in [1.54, 1.807) is 7.11 Å². The summed E-state index contributed by atoms with van der Waals surface area (Å²) >= 11 is 3.53. The van der Waals surface area contributed by atoms with E-state index in [0.717, 1.165) is 22.4 Å². The smallest absolute Gasteiger partial charge is 0.203 e. The molecule has 1 aromatic rings. The number of hydrogen-bond acceptors (Lipinski definition) is 3. The molecule has 0 aliphatic carbocycles. The fraction of sp³-hybridized carbons (Fsp3) is 0.467. The van der Waals surface area contributed by atoms with Gasteiger partial charge < -0.3 is 14.2 Å². The minimum Gasteiger partial charge on any atom is -0.493 e. The monoisotopic (exact) mass is 326 g/mol. The van der Waals surface area contributed by atoms with E-state index in [2.05, 4.69) is 35.9 Å². The van der Waals surface area contributed by atoms with Crippen molar-refractivity contribution in [1.82, 2.24) is 0 Å². The van der Waals surface area contributed by atoms with Gasteiger partial charge in [0.1, 0.15) is 13.2 Å². The highest BCUT2D eigenvalue weighted by Gasteiger charge is 2.18. The van der Waals surface area contributed by atoms with Crippen LogP contribution in [-0.2, 0) is 0 Å². The molecule has 4 heteroatoms. The van der Waals surface area contributed by atoms with E-state index >= 15 is 0 Å². The van der Waals surface area contributed by atoms with Crippen molar-refractivity contribution in [1.29, 1.82) is 0 Å². The second-order valence-electron chi connectivity index (χ2n) is 4.75. The summed E-state index contributed by atoms with van der Waals surface area (Å²) in [5, 5.41) is 0.863. The van der Waals surface area contributed by atoms with Crippen LogP contribution in [0.5, 0.6) is 17.2 Å². The summed E-state index contributed by atoms with van der Waals surface area (Å²) in [6, 6.07) is 3.99. The first-order chi connectivity index (χ1) is 9.15. The van der Waals surface area contributed by atoms with E-state index in [0.29, 0.717) is 24.9 Å². The maximum absolute atomic E-state index is 5.64. The van der Waals surface area contributed by atoms with Crippen molar-refractivity contribution >= 4 is 22.0 Å². The highest BCUT2D eigenvalue weighted by Crippen LogP contribution is 2.41. The average Bonchev–Trinajstić information content (AvgIpc) is 2.43. The predicted molar refractivity (Wildman–Crippen MR) is 80.6 cm³/mol. The number of allylic oxidation sites excluding steroid dienone is 1. The van der Waals surface area contributed by atoms with Gasteiger partial charge in [-0.2, -0.15) is 0 Å². The molecule has 104 valence electrons. The second kappa shape index (κ2) is 6.33. The third-order valence-electron chi connectivity index (χ3n) is 3.10. The molecule has 1 heterocycles. The standard InChI is InChI=1S/C15H19BrO3/c1-10(2)12(9-16)6-11-7-13(17-3)15-14(8-11)18-4-5-19-15/h6-8,10H,4-5,9H2,1-3H3. The van der Waals surface area contributed by atoms with Gasteiger partial charge >= 0.3 is 0 Å². The minimum absolute atomic E-state index is 0.499. The topological polar surface area (TPSA) is 27.7 Å². The van der Waals surface area contributed by atoms with Crippen LogP contribution in [0.4, 0.5) is 0 Å². The first kappa shape index (κ1) is 14.3. The van der Waals surface area contributed by atoms with Crippen molar-refractivity contribution in [2.75, 3.05) is 25.7 Å². The lowest BCUT2D eigenvalue weighted by Crippen LogP contribution is -2.16. The van der Waals surface area contributed by atoms with Gasteiger partial charge in [-0.15, -0.1) is 0 Å². The molecule has 0 radical (unpaired) electrons. The van der Waals surface area contributed by atoms with Crippen LogP contribution in [0.15, 0.2) is 17.7 Å². The zero-order valence-corrected chi connectivity index (χ0v) is 13.1. The van der Waals surface area contributed by atoms with Gasteiger partial charge in [0, 0.05) is 5.33 Å². The van der Waals surface area contributed by atoms with Gasteiger partial charge in [0.05, 0.1) is 7.11 Å². The Kier molecular flexibility index (Phi) is 4.75. The number of methoxy groups -OCH3 is 1. The predicted octanol–water partition coefficient (Wildman–Crippen LogP) is 3.90. The fourth-order valence-corrected chi connectivity index (χ4v) is 2.76. The summed E-state index contributed by atoms with van der Waals surface area (Å²) in [6.45, 7) is 5.51. The molecule has 0 fully saturated rings. The molecular weight excluding hydrogens is 308 g/mol. The molecule has 19 heavy (non-hydrogen) atoms. The summed E-state index contributed by atoms with van der Waals surface area (Å²) < 4.78 is 16.6. The van der Waals surface area contributed by atoms with E-state index in [-0.39, 0.29) is 0 Å². The second-order valence-corrected chi connectivity index (χ2v) is 5.32. The Balaban J connectivity index is 2.42. The normalized spacial score (nSPS) is 14.7. The van der Waals surface area contributed by atoms with E-state index in [1.165, 1.54) is 5.57 Å². The van der Waals surface area contributed by atoms with Crippen LogP contribution in [0.2, 0.25) is 0 Å². The Morgan fingerprint density at radius 3 is 2.74 bits per heavy atom. The molecule has 1 aromatic carbocycles. The van der Waals surface area contributed by atoms with Crippen molar-refractivity contribution in [2.24, 2.45) is 5.92 Å². The lowest BCUT2D eigenvalue weighted by atomic mass is 10.0. The highest BCUT2D eigenvalue weighted by molar-refractivity contribution is 9.09. The maximum Gasteiger partial charge on any atom is 0.203 e. The molecule has 0 N–H and O–H groups in total. The number of hydrogen-bond donors (Lipinski definition) is 0. The number of halogens is 1. The van der Waals surface area contributed by atoms with Crippen molar-refractivity contribution in [3.63, 3.8) is 0 Å². The van der Waals surface area contributed by atoms with Gasteiger partial charge in [0.15, 0.2) is 11.5 Å². The molecule has 0 atom stereocenters. The lowest BCUT2D eigenvalue weighted by Gasteiger charge is -2.21. The summed E-state index contributed by atoms with van der Waals surface area (Å²) in [5.41, 5.74) is 2.41. The van der Waals surface area contributed by atoms with E-state index in [4.69, 9.17) is 14.2 Å². The lowest BCUT2D eigenvalue weighted by molar-refractivity contribution is 0.165. The number of ether oxygens (including phenoxy) is 3. The Morgan fingerprint density at radius 2 is 2.11 bits per heavy atom. The van der Waals surface area contributed by atoms with Gasteiger partial charge in [-0.1, -0.05) is 41.4 Å². The van der Waals surface area contributed by atoms with Crippen LogP contribution in [0, 0.1) is 5.92 Å².